The highest BCUT2D eigenvalue weighted by Gasteiger charge is 2.46. The molecule has 30 heavy (non-hydrogen) atoms. The summed E-state index contributed by atoms with van der Waals surface area (Å²) < 4.78 is 6.07. The van der Waals surface area contributed by atoms with Gasteiger partial charge in [0, 0.05) is 43.7 Å². The van der Waals surface area contributed by atoms with Gasteiger partial charge in [-0.15, -0.1) is 11.3 Å². The summed E-state index contributed by atoms with van der Waals surface area (Å²) in [5.74, 6) is -0.142. The molecule has 0 unspecified atom stereocenters. The number of morpholine rings is 1. The third-order valence-corrected chi connectivity index (χ3v) is 6.16. The minimum absolute atomic E-state index is 0.0167. The highest BCUT2D eigenvalue weighted by atomic mass is 32.1. The molecule has 8 heteroatoms. The molecule has 1 aromatic carbocycles. The van der Waals surface area contributed by atoms with Crippen molar-refractivity contribution in [3.05, 3.63) is 59.1 Å². The fourth-order valence-corrected chi connectivity index (χ4v) is 4.57. The number of carbonyl (C=O) groups excluding carboxylic acids is 2. The number of hydrogen-bond acceptors (Lipinski definition) is 6. The number of aromatic nitrogens is 1. The summed E-state index contributed by atoms with van der Waals surface area (Å²) in [5.41, 5.74) is 0.139. The summed E-state index contributed by atoms with van der Waals surface area (Å²) in [5, 5.41) is 3.44. The van der Waals surface area contributed by atoms with E-state index in [1.54, 1.807) is 6.20 Å². The molecule has 0 bridgehead atoms. The van der Waals surface area contributed by atoms with Crippen molar-refractivity contribution < 1.29 is 14.3 Å². The lowest BCUT2D eigenvalue weighted by Crippen LogP contribution is -2.60. The van der Waals surface area contributed by atoms with Crippen LogP contribution in [-0.2, 0) is 20.9 Å². The second-order valence-corrected chi connectivity index (χ2v) is 8.96. The summed E-state index contributed by atoms with van der Waals surface area (Å²) >= 11 is 1.45. The standard InChI is InChI=1S/C22H26N4O3S/c1-17-13-23-21(30-17)24-19(27)15-25-11-12-29-22(16-25)9-5-6-10-26(20(22)28)14-18-7-3-2-4-8-18/h2-8,13H,9-12,14-16H2,1H3,(H,23,24,27)/t22-/m1/s1. The average molecular weight is 427 g/mol. The molecule has 0 aliphatic carbocycles. The summed E-state index contributed by atoms with van der Waals surface area (Å²) in [6.07, 6.45) is 6.29. The van der Waals surface area contributed by atoms with Crippen molar-refractivity contribution in [1.82, 2.24) is 14.8 Å². The fraction of sp³-hybridized carbons (Fsp3) is 0.409. The topological polar surface area (TPSA) is 74.8 Å². The van der Waals surface area contributed by atoms with Crippen molar-refractivity contribution in [3.63, 3.8) is 0 Å². The Morgan fingerprint density at radius 1 is 1.30 bits per heavy atom. The van der Waals surface area contributed by atoms with Gasteiger partial charge in [0.25, 0.3) is 5.91 Å². The maximum absolute atomic E-state index is 13.5. The number of hydrogen-bond donors (Lipinski definition) is 1. The van der Waals surface area contributed by atoms with E-state index in [1.165, 1.54) is 11.3 Å². The van der Waals surface area contributed by atoms with Gasteiger partial charge in [0.05, 0.1) is 13.2 Å². The molecule has 0 saturated carbocycles. The van der Waals surface area contributed by atoms with Crippen molar-refractivity contribution in [3.8, 4) is 0 Å². The molecular weight excluding hydrogens is 400 g/mol. The first kappa shape index (κ1) is 20.7. The molecule has 2 aromatic rings. The molecule has 4 rings (SSSR count). The van der Waals surface area contributed by atoms with Crippen LogP contribution in [0.25, 0.3) is 0 Å². The van der Waals surface area contributed by atoms with Gasteiger partial charge >= 0.3 is 0 Å². The monoisotopic (exact) mass is 426 g/mol. The third kappa shape index (κ3) is 4.77. The zero-order chi connectivity index (χ0) is 21.0. The Kier molecular flexibility index (Phi) is 6.26. The van der Waals surface area contributed by atoms with E-state index in [9.17, 15) is 9.59 Å². The molecule has 1 atom stereocenters. The first-order valence-corrected chi connectivity index (χ1v) is 10.9. The molecule has 1 spiro atoms. The van der Waals surface area contributed by atoms with Gasteiger partial charge < -0.3 is 15.0 Å². The Labute approximate surface area is 180 Å². The van der Waals surface area contributed by atoms with Gasteiger partial charge in [-0.05, 0) is 12.5 Å². The van der Waals surface area contributed by atoms with E-state index in [1.807, 2.05) is 59.2 Å². The Balaban J connectivity index is 1.43. The SMILES string of the molecule is Cc1cnc(NC(=O)CN2CCO[C@]3(CC=CCN(Cc4ccccc4)C3=O)C2)s1. The number of thiazole rings is 1. The van der Waals surface area contributed by atoms with Gasteiger partial charge in [-0.3, -0.25) is 14.5 Å². The number of anilines is 1. The van der Waals surface area contributed by atoms with Gasteiger partial charge in [-0.1, -0.05) is 42.5 Å². The number of benzene rings is 1. The van der Waals surface area contributed by atoms with Gasteiger partial charge in [0.1, 0.15) is 0 Å². The highest BCUT2D eigenvalue weighted by Crippen LogP contribution is 2.28. The van der Waals surface area contributed by atoms with Crippen LogP contribution >= 0.6 is 11.3 Å². The molecule has 1 saturated heterocycles. The van der Waals surface area contributed by atoms with Gasteiger partial charge in [-0.25, -0.2) is 4.98 Å². The zero-order valence-electron chi connectivity index (χ0n) is 17.0. The van der Waals surface area contributed by atoms with Gasteiger partial charge in [-0.2, -0.15) is 0 Å². The van der Waals surface area contributed by atoms with Crippen LogP contribution in [0.4, 0.5) is 5.13 Å². The van der Waals surface area contributed by atoms with E-state index in [0.29, 0.717) is 44.3 Å². The Morgan fingerprint density at radius 2 is 2.13 bits per heavy atom. The van der Waals surface area contributed by atoms with Crippen LogP contribution < -0.4 is 5.32 Å². The van der Waals surface area contributed by atoms with Crippen LogP contribution in [0, 0.1) is 6.92 Å². The normalized spacial score (nSPS) is 22.3. The van der Waals surface area contributed by atoms with Crippen molar-refractivity contribution in [2.75, 3.05) is 38.1 Å². The van der Waals surface area contributed by atoms with Gasteiger partial charge in [0.2, 0.25) is 5.91 Å². The number of rotatable bonds is 5. The summed E-state index contributed by atoms with van der Waals surface area (Å²) in [6, 6.07) is 9.96. The van der Waals surface area contributed by atoms with E-state index in [4.69, 9.17) is 4.74 Å². The lowest BCUT2D eigenvalue weighted by atomic mass is 9.95. The molecule has 3 heterocycles. The van der Waals surface area contributed by atoms with Crippen molar-refractivity contribution in [2.24, 2.45) is 0 Å². The first-order valence-electron chi connectivity index (χ1n) is 10.1. The molecule has 158 valence electrons. The highest BCUT2D eigenvalue weighted by molar-refractivity contribution is 7.15. The number of nitrogens with one attached hydrogen (secondary N) is 1. The maximum atomic E-state index is 13.5. The summed E-state index contributed by atoms with van der Waals surface area (Å²) in [4.78, 5) is 35.0. The quantitative estimate of drug-likeness (QED) is 0.744. The summed E-state index contributed by atoms with van der Waals surface area (Å²) in [6.45, 7) is 4.68. The van der Waals surface area contributed by atoms with Crippen LogP contribution in [0.2, 0.25) is 0 Å². The van der Waals surface area contributed by atoms with Crippen LogP contribution in [-0.4, -0.2) is 65.0 Å². The van der Waals surface area contributed by atoms with Crippen LogP contribution in [0.15, 0.2) is 48.7 Å². The molecular formula is C22H26N4O3S. The Hall–Kier alpha value is -2.55. The minimum Gasteiger partial charge on any atom is -0.362 e. The van der Waals surface area contributed by atoms with Crippen molar-refractivity contribution >= 4 is 28.3 Å². The lowest BCUT2D eigenvalue weighted by molar-refractivity contribution is -0.170. The molecule has 2 aliphatic rings. The molecule has 7 nitrogen and oxygen atoms in total. The molecule has 1 aromatic heterocycles. The molecule has 2 aliphatic heterocycles. The Morgan fingerprint density at radius 3 is 2.90 bits per heavy atom. The molecule has 0 radical (unpaired) electrons. The van der Waals surface area contributed by atoms with Crippen molar-refractivity contribution in [1.29, 1.82) is 0 Å². The number of nitrogens with zero attached hydrogens (tertiary/aromatic N) is 3. The number of aryl methyl sites for hydroxylation is 1. The van der Waals surface area contributed by atoms with E-state index in [-0.39, 0.29) is 18.4 Å². The number of ether oxygens (including phenoxy) is 1. The van der Waals surface area contributed by atoms with Crippen molar-refractivity contribution in [2.45, 2.75) is 25.5 Å². The summed E-state index contributed by atoms with van der Waals surface area (Å²) in [7, 11) is 0. The second-order valence-electron chi connectivity index (χ2n) is 7.72. The van der Waals surface area contributed by atoms with E-state index in [0.717, 1.165) is 10.4 Å². The smallest absolute Gasteiger partial charge is 0.257 e. The van der Waals surface area contributed by atoms with Crippen LogP contribution in [0.5, 0.6) is 0 Å². The number of carbonyl (C=O) groups is 2. The molecule has 1 fully saturated rings. The van der Waals surface area contributed by atoms with Gasteiger partial charge in [0.15, 0.2) is 10.7 Å². The maximum Gasteiger partial charge on any atom is 0.257 e. The largest absolute Gasteiger partial charge is 0.362 e. The molecule has 2 amide bonds. The van der Waals surface area contributed by atoms with Crippen LogP contribution in [0.1, 0.15) is 16.9 Å². The Bertz CT molecular complexity index is 929. The predicted octanol–water partition coefficient (Wildman–Crippen LogP) is 2.45. The first-order chi connectivity index (χ1) is 14.5. The molecule has 1 N–H and O–H groups in total. The minimum atomic E-state index is -0.946. The second kappa shape index (κ2) is 9.07. The lowest BCUT2D eigenvalue weighted by Gasteiger charge is -2.42. The van der Waals surface area contributed by atoms with Crippen LogP contribution in [0.3, 0.4) is 0 Å². The predicted molar refractivity (Wildman–Crippen MR) is 116 cm³/mol. The van der Waals surface area contributed by atoms with E-state index < -0.39 is 5.60 Å². The fourth-order valence-electron chi connectivity index (χ4n) is 3.89. The van der Waals surface area contributed by atoms with E-state index >= 15 is 0 Å². The van der Waals surface area contributed by atoms with E-state index in [2.05, 4.69) is 10.3 Å². The third-order valence-electron chi connectivity index (χ3n) is 5.33. The zero-order valence-corrected chi connectivity index (χ0v) is 17.9. The average Bonchev–Trinajstić information content (AvgIpc) is 3.09. The number of amides is 2.